The molecular weight excluding hydrogens is 310 g/mol. The summed E-state index contributed by atoms with van der Waals surface area (Å²) < 4.78 is 9.97. The number of anilines is 2. The Morgan fingerprint density at radius 1 is 1.38 bits per heavy atom. The number of nitrogens with one attached hydrogen (secondary N) is 1. The van der Waals surface area contributed by atoms with Crippen LogP contribution in [0.15, 0.2) is 35.2 Å². The fraction of sp³-hybridized carbons (Fsp3) is 0.375. The summed E-state index contributed by atoms with van der Waals surface area (Å²) >= 11 is 0. The zero-order valence-electron chi connectivity index (χ0n) is 12.8. The quantitative estimate of drug-likeness (QED) is 0.897. The van der Waals surface area contributed by atoms with Gasteiger partial charge in [-0.3, -0.25) is 4.90 Å². The van der Waals surface area contributed by atoms with Gasteiger partial charge in [-0.25, -0.2) is 4.79 Å². The molecule has 4 rings (SSSR count). The predicted molar refractivity (Wildman–Crippen MR) is 83.4 cm³/mol. The van der Waals surface area contributed by atoms with E-state index in [1.54, 1.807) is 4.90 Å². The highest BCUT2D eigenvalue weighted by molar-refractivity contribution is 5.89. The van der Waals surface area contributed by atoms with Gasteiger partial charge in [0.15, 0.2) is 0 Å². The molecule has 2 heterocycles. The second-order valence-corrected chi connectivity index (χ2v) is 5.99. The van der Waals surface area contributed by atoms with Crippen LogP contribution in [0.3, 0.4) is 0 Å². The standard InChI is InChI=1S/C16H15N5O3/c17-9-16(5-6-16)11-1-3-12(4-2-11)21-8-13(24-15(21)22)7-18-14-19-10-23-20-14/h1-4,10,13H,5-8H2,(H,18,20)/t13-/m0/s1. The lowest BCUT2D eigenvalue weighted by Crippen LogP contribution is -2.27. The van der Waals surface area contributed by atoms with E-state index in [4.69, 9.17) is 4.74 Å². The molecular formula is C16H15N5O3. The van der Waals surface area contributed by atoms with Crippen LogP contribution in [0.2, 0.25) is 0 Å². The molecule has 1 N–H and O–H groups in total. The molecule has 2 aromatic rings. The monoisotopic (exact) mass is 325 g/mol. The number of rotatable bonds is 5. The third-order valence-corrected chi connectivity index (χ3v) is 4.42. The molecule has 0 bridgehead atoms. The maximum absolute atomic E-state index is 12.1. The van der Waals surface area contributed by atoms with Crippen LogP contribution in [0.5, 0.6) is 0 Å². The maximum Gasteiger partial charge on any atom is 0.414 e. The summed E-state index contributed by atoms with van der Waals surface area (Å²) in [7, 11) is 0. The van der Waals surface area contributed by atoms with Gasteiger partial charge in [-0.1, -0.05) is 12.1 Å². The molecule has 1 aromatic carbocycles. The second kappa shape index (κ2) is 5.53. The number of benzene rings is 1. The Labute approximate surface area is 138 Å². The molecule has 24 heavy (non-hydrogen) atoms. The van der Waals surface area contributed by atoms with Crippen LogP contribution in [-0.2, 0) is 10.2 Å². The van der Waals surface area contributed by atoms with Crippen LogP contribution in [0.25, 0.3) is 0 Å². The lowest BCUT2D eigenvalue weighted by atomic mass is 9.97. The molecule has 1 aromatic heterocycles. The van der Waals surface area contributed by atoms with Gasteiger partial charge >= 0.3 is 6.09 Å². The van der Waals surface area contributed by atoms with Gasteiger partial charge in [0.1, 0.15) is 6.10 Å². The highest BCUT2D eigenvalue weighted by Gasteiger charge is 2.44. The number of hydrogen-bond donors (Lipinski definition) is 1. The van der Waals surface area contributed by atoms with Crippen LogP contribution in [0.4, 0.5) is 16.4 Å². The van der Waals surface area contributed by atoms with Gasteiger partial charge in [-0.15, -0.1) is 0 Å². The number of hydrogen-bond acceptors (Lipinski definition) is 7. The van der Waals surface area contributed by atoms with Crippen molar-refractivity contribution < 1.29 is 14.1 Å². The smallest absolute Gasteiger partial charge is 0.414 e. The number of carbonyl (C=O) groups is 1. The van der Waals surface area contributed by atoms with Crippen molar-refractivity contribution in [1.82, 2.24) is 10.1 Å². The Morgan fingerprint density at radius 3 is 2.79 bits per heavy atom. The van der Waals surface area contributed by atoms with Crippen LogP contribution in [0.1, 0.15) is 18.4 Å². The van der Waals surface area contributed by atoms with Crippen molar-refractivity contribution in [2.24, 2.45) is 0 Å². The van der Waals surface area contributed by atoms with Crippen molar-refractivity contribution in [3.8, 4) is 6.07 Å². The summed E-state index contributed by atoms with van der Waals surface area (Å²) in [6.07, 6.45) is 2.34. The summed E-state index contributed by atoms with van der Waals surface area (Å²) in [5, 5.41) is 15.8. The van der Waals surface area contributed by atoms with E-state index in [1.807, 2.05) is 24.3 Å². The zero-order chi connectivity index (χ0) is 16.6. The molecule has 1 atom stereocenters. The Hall–Kier alpha value is -3.08. The molecule has 1 amide bonds. The molecule has 1 aliphatic heterocycles. The third kappa shape index (κ3) is 2.54. The van der Waals surface area contributed by atoms with E-state index in [-0.39, 0.29) is 17.6 Å². The van der Waals surface area contributed by atoms with E-state index in [9.17, 15) is 10.1 Å². The van der Waals surface area contributed by atoms with Crippen molar-refractivity contribution >= 4 is 17.7 Å². The average molecular weight is 325 g/mol. The molecule has 0 spiro atoms. The summed E-state index contributed by atoms with van der Waals surface area (Å²) in [4.78, 5) is 17.5. The number of ether oxygens (including phenoxy) is 1. The SMILES string of the molecule is N#CC1(c2ccc(N3C[C@H](CNc4ncon4)OC3=O)cc2)CC1. The van der Waals surface area contributed by atoms with Crippen molar-refractivity contribution in [2.45, 2.75) is 24.4 Å². The van der Waals surface area contributed by atoms with Gasteiger partial charge in [0.25, 0.3) is 5.95 Å². The molecule has 8 nitrogen and oxygen atoms in total. The van der Waals surface area contributed by atoms with E-state index in [0.717, 1.165) is 24.1 Å². The highest BCUT2D eigenvalue weighted by Crippen LogP contribution is 2.47. The Kier molecular flexibility index (Phi) is 3.34. The molecule has 0 unspecified atom stereocenters. The maximum atomic E-state index is 12.1. The van der Waals surface area contributed by atoms with E-state index < -0.39 is 0 Å². The molecule has 1 aliphatic carbocycles. The lowest BCUT2D eigenvalue weighted by Gasteiger charge is -2.14. The predicted octanol–water partition coefficient (Wildman–Crippen LogP) is 2.06. The first-order chi connectivity index (χ1) is 11.7. The molecule has 2 fully saturated rings. The first-order valence-corrected chi connectivity index (χ1v) is 7.70. The summed E-state index contributed by atoms with van der Waals surface area (Å²) in [6, 6.07) is 9.94. The summed E-state index contributed by atoms with van der Waals surface area (Å²) in [5.74, 6) is 0.361. The number of amides is 1. The number of nitriles is 1. The van der Waals surface area contributed by atoms with Crippen molar-refractivity contribution in [3.63, 3.8) is 0 Å². The first kappa shape index (κ1) is 14.5. The summed E-state index contributed by atoms with van der Waals surface area (Å²) in [5.41, 5.74) is 1.46. The largest absolute Gasteiger partial charge is 0.442 e. The minimum absolute atomic E-state index is 0.301. The van der Waals surface area contributed by atoms with Crippen LogP contribution in [0, 0.1) is 11.3 Å². The first-order valence-electron chi connectivity index (χ1n) is 7.70. The van der Waals surface area contributed by atoms with Gasteiger partial charge < -0.3 is 14.6 Å². The number of carbonyl (C=O) groups excluding carboxylic acids is 1. The van der Waals surface area contributed by atoms with Crippen LogP contribution in [-0.4, -0.2) is 35.4 Å². The Balaban J connectivity index is 1.41. The molecule has 8 heteroatoms. The van der Waals surface area contributed by atoms with Crippen molar-refractivity contribution in [3.05, 3.63) is 36.2 Å². The highest BCUT2D eigenvalue weighted by atomic mass is 16.6. The second-order valence-electron chi connectivity index (χ2n) is 5.99. The van der Waals surface area contributed by atoms with E-state index in [1.165, 1.54) is 6.39 Å². The van der Waals surface area contributed by atoms with Gasteiger partial charge in [0.05, 0.1) is 24.6 Å². The van der Waals surface area contributed by atoms with Crippen LogP contribution < -0.4 is 10.2 Å². The number of nitrogens with zero attached hydrogens (tertiary/aromatic N) is 4. The molecule has 1 saturated heterocycles. The average Bonchev–Trinajstić information content (AvgIpc) is 3.06. The molecule has 1 saturated carbocycles. The molecule has 122 valence electrons. The summed E-state index contributed by atoms with van der Waals surface area (Å²) in [6.45, 7) is 0.837. The topological polar surface area (TPSA) is 104 Å². The van der Waals surface area contributed by atoms with Crippen molar-refractivity contribution in [1.29, 1.82) is 5.26 Å². The van der Waals surface area contributed by atoms with E-state index in [0.29, 0.717) is 19.0 Å². The normalized spacial score (nSPS) is 21.2. The third-order valence-electron chi connectivity index (χ3n) is 4.42. The Bertz CT molecular complexity index is 777. The van der Waals surface area contributed by atoms with Gasteiger partial charge in [0.2, 0.25) is 6.39 Å². The Morgan fingerprint density at radius 2 is 2.17 bits per heavy atom. The lowest BCUT2D eigenvalue weighted by molar-refractivity contribution is 0.147. The van der Waals surface area contributed by atoms with Crippen LogP contribution >= 0.6 is 0 Å². The minimum Gasteiger partial charge on any atom is -0.442 e. The zero-order valence-corrected chi connectivity index (χ0v) is 12.8. The number of cyclic esters (lactones) is 1. The van der Waals surface area contributed by atoms with E-state index in [2.05, 4.69) is 26.0 Å². The van der Waals surface area contributed by atoms with Gasteiger partial charge in [-0.2, -0.15) is 10.2 Å². The fourth-order valence-electron chi connectivity index (χ4n) is 2.84. The van der Waals surface area contributed by atoms with E-state index >= 15 is 0 Å². The molecule has 2 aliphatic rings. The van der Waals surface area contributed by atoms with Gasteiger partial charge in [0, 0.05) is 5.69 Å². The fourth-order valence-corrected chi connectivity index (χ4v) is 2.84. The molecule has 0 radical (unpaired) electrons. The van der Waals surface area contributed by atoms with Crippen molar-refractivity contribution in [2.75, 3.05) is 23.3 Å². The van der Waals surface area contributed by atoms with Gasteiger partial charge in [-0.05, 0) is 35.7 Å². The minimum atomic E-state index is -0.385. The number of aromatic nitrogens is 2.